The van der Waals surface area contributed by atoms with Gasteiger partial charge in [0.2, 0.25) is 0 Å². The molecular weight excluding hydrogens is 150 g/mol. The van der Waals surface area contributed by atoms with E-state index in [1.165, 1.54) is 12.8 Å². The Morgan fingerprint density at radius 1 is 1.58 bits per heavy atom. The summed E-state index contributed by atoms with van der Waals surface area (Å²) in [5.41, 5.74) is 0. The topological polar surface area (TPSA) is 25.2 Å². The number of hydrogen-bond acceptors (Lipinski definition) is 2. The predicted octanol–water partition coefficient (Wildman–Crippen LogP) is 2.34. The van der Waals surface area contributed by atoms with E-state index in [1.54, 1.807) is 6.26 Å². The van der Waals surface area contributed by atoms with Crippen molar-refractivity contribution in [3.63, 3.8) is 0 Å². The molecule has 2 atom stereocenters. The first-order chi connectivity index (χ1) is 5.86. The van der Waals surface area contributed by atoms with E-state index in [4.69, 9.17) is 4.42 Å². The van der Waals surface area contributed by atoms with Crippen LogP contribution in [0.3, 0.4) is 0 Å². The van der Waals surface area contributed by atoms with Crippen LogP contribution in [0.25, 0.3) is 0 Å². The lowest BCUT2D eigenvalue weighted by molar-refractivity contribution is 0.290. The van der Waals surface area contributed by atoms with Crippen LogP contribution in [0, 0.1) is 5.92 Å². The molecule has 1 N–H and O–H groups in total. The summed E-state index contributed by atoms with van der Waals surface area (Å²) in [6, 6.07) is 4.45. The van der Waals surface area contributed by atoms with Crippen LogP contribution in [0.15, 0.2) is 22.8 Å². The van der Waals surface area contributed by atoms with E-state index in [2.05, 4.69) is 18.3 Å². The zero-order valence-corrected chi connectivity index (χ0v) is 7.42. The standard InChI is InChI=1S/C10H15NO/c1-8-4-5-11-9(7-8)10-3-2-6-12-10/h2-3,6,8-9,11H,4-5,7H2,1H3/t8-,9-/m1/s1. The van der Waals surface area contributed by atoms with Crippen molar-refractivity contribution < 1.29 is 4.42 Å². The van der Waals surface area contributed by atoms with Gasteiger partial charge in [0.25, 0.3) is 0 Å². The minimum Gasteiger partial charge on any atom is -0.468 e. The zero-order valence-electron chi connectivity index (χ0n) is 7.42. The van der Waals surface area contributed by atoms with Crippen LogP contribution < -0.4 is 5.32 Å². The molecule has 0 spiro atoms. The maximum Gasteiger partial charge on any atom is 0.120 e. The summed E-state index contributed by atoms with van der Waals surface area (Å²) in [5, 5.41) is 3.46. The normalized spacial score (nSPS) is 30.4. The van der Waals surface area contributed by atoms with Crippen molar-refractivity contribution in [2.24, 2.45) is 5.92 Å². The van der Waals surface area contributed by atoms with Gasteiger partial charge < -0.3 is 9.73 Å². The van der Waals surface area contributed by atoms with E-state index in [-0.39, 0.29) is 0 Å². The lowest BCUT2D eigenvalue weighted by Crippen LogP contribution is -2.30. The number of rotatable bonds is 1. The molecule has 2 rings (SSSR count). The number of furan rings is 1. The molecule has 0 aromatic carbocycles. The molecule has 1 aromatic rings. The Labute approximate surface area is 73.0 Å². The smallest absolute Gasteiger partial charge is 0.120 e. The van der Waals surface area contributed by atoms with Crippen LogP contribution in [0.5, 0.6) is 0 Å². The number of nitrogens with one attached hydrogen (secondary N) is 1. The first-order valence-electron chi connectivity index (χ1n) is 4.63. The van der Waals surface area contributed by atoms with Crippen molar-refractivity contribution in [2.45, 2.75) is 25.8 Å². The van der Waals surface area contributed by atoms with Gasteiger partial charge in [-0.1, -0.05) is 6.92 Å². The van der Waals surface area contributed by atoms with Crippen molar-refractivity contribution >= 4 is 0 Å². The summed E-state index contributed by atoms with van der Waals surface area (Å²) in [6.45, 7) is 3.42. The van der Waals surface area contributed by atoms with E-state index in [0.717, 1.165) is 18.2 Å². The van der Waals surface area contributed by atoms with Crippen molar-refractivity contribution in [1.29, 1.82) is 0 Å². The van der Waals surface area contributed by atoms with Gasteiger partial charge in [0.05, 0.1) is 12.3 Å². The molecule has 0 amide bonds. The molecule has 2 nitrogen and oxygen atoms in total. The maximum atomic E-state index is 5.36. The van der Waals surface area contributed by atoms with E-state index in [1.807, 2.05) is 6.07 Å². The molecule has 0 bridgehead atoms. The van der Waals surface area contributed by atoms with Crippen LogP contribution in [-0.2, 0) is 0 Å². The quantitative estimate of drug-likeness (QED) is 0.691. The average molecular weight is 165 g/mol. The number of piperidine rings is 1. The van der Waals surface area contributed by atoms with Crippen molar-refractivity contribution in [2.75, 3.05) is 6.54 Å². The summed E-state index contributed by atoms with van der Waals surface area (Å²) in [4.78, 5) is 0. The number of hydrogen-bond donors (Lipinski definition) is 1. The van der Waals surface area contributed by atoms with Gasteiger partial charge in [0.15, 0.2) is 0 Å². The Morgan fingerprint density at radius 3 is 3.17 bits per heavy atom. The molecule has 1 aliphatic rings. The summed E-state index contributed by atoms with van der Waals surface area (Å²) < 4.78 is 5.36. The van der Waals surface area contributed by atoms with Crippen molar-refractivity contribution in [3.05, 3.63) is 24.2 Å². The molecule has 12 heavy (non-hydrogen) atoms. The molecule has 66 valence electrons. The summed E-state index contributed by atoms with van der Waals surface area (Å²) >= 11 is 0. The molecule has 0 aliphatic carbocycles. The summed E-state index contributed by atoms with van der Waals surface area (Å²) in [6.07, 6.45) is 4.24. The Bertz CT molecular complexity index is 230. The van der Waals surface area contributed by atoms with Crippen LogP contribution in [0.4, 0.5) is 0 Å². The second kappa shape index (κ2) is 3.31. The fourth-order valence-corrected chi connectivity index (χ4v) is 1.81. The van der Waals surface area contributed by atoms with Gasteiger partial charge in [-0.2, -0.15) is 0 Å². The molecular formula is C10H15NO. The summed E-state index contributed by atoms with van der Waals surface area (Å²) in [5.74, 6) is 1.91. The second-order valence-corrected chi connectivity index (χ2v) is 3.65. The Morgan fingerprint density at radius 2 is 2.50 bits per heavy atom. The van der Waals surface area contributed by atoms with E-state index >= 15 is 0 Å². The Kier molecular flexibility index (Phi) is 2.17. The van der Waals surface area contributed by atoms with Gasteiger partial charge in [-0.25, -0.2) is 0 Å². The largest absolute Gasteiger partial charge is 0.468 e. The Hall–Kier alpha value is -0.760. The first kappa shape index (κ1) is 7.87. The van der Waals surface area contributed by atoms with Crippen LogP contribution in [-0.4, -0.2) is 6.54 Å². The van der Waals surface area contributed by atoms with Gasteiger partial charge in [0, 0.05) is 0 Å². The average Bonchev–Trinajstić information content (AvgIpc) is 2.56. The lowest BCUT2D eigenvalue weighted by atomic mass is 9.93. The molecule has 0 unspecified atom stereocenters. The van der Waals surface area contributed by atoms with Gasteiger partial charge in [-0.05, 0) is 37.4 Å². The fourth-order valence-electron chi connectivity index (χ4n) is 1.81. The first-order valence-corrected chi connectivity index (χ1v) is 4.63. The lowest BCUT2D eigenvalue weighted by Gasteiger charge is -2.26. The second-order valence-electron chi connectivity index (χ2n) is 3.65. The van der Waals surface area contributed by atoms with E-state index < -0.39 is 0 Å². The molecule has 0 radical (unpaired) electrons. The molecule has 1 fully saturated rings. The molecule has 1 aliphatic heterocycles. The summed E-state index contributed by atoms with van der Waals surface area (Å²) in [7, 11) is 0. The molecule has 1 saturated heterocycles. The highest BCUT2D eigenvalue weighted by Crippen LogP contribution is 2.26. The van der Waals surface area contributed by atoms with E-state index in [0.29, 0.717) is 6.04 Å². The third kappa shape index (κ3) is 1.53. The highest BCUT2D eigenvalue weighted by atomic mass is 16.3. The molecule has 2 heteroatoms. The van der Waals surface area contributed by atoms with Crippen LogP contribution >= 0.6 is 0 Å². The minimum atomic E-state index is 0.448. The van der Waals surface area contributed by atoms with Crippen molar-refractivity contribution in [1.82, 2.24) is 5.32 Å². The molecule has 0 saturated carbocycles. The predicted molar refractivity (Wildman–Crippen MR) is 47.8 cm³/mol. The zero-order chi connectivity index (χ0) is 8.39. The monoisotopic (exact) mass is 165 g/mol. The SMILES string of the molecule is C[C@@H]1CCN[C@@H](c2ccco2)C1. The van der Waals surface area contributed by atoms with Gasteiger partial charge in [0.1, 0.15) is 5.76 Å². The minimum absolute atomic E-state index is 0.448. The van der Waals surface area contributed by atoms with Gasteiger partial charge >= 0.3 is 0 Å². The van der Waals surface area contributed by atoms with Crippen LogP contribution in [0.1, 0.15) is 31.6 Å². The highest BCUT2D eigenvalue weighted by molar-refractivity contribution is 5.05. The molecule has 2 heterocycles. The highest BCUT2D eigenvalue weighted by Gasteiger charge is 2.21. The Balaban J connectivity index is 2.04. The van der Waals surface area contributed by atoms with Crippen molar-refractivity contribution in [3.8, 4) is 0 Å². The molecule has 1 aromatic heterocycles. The van der Waals surface area contributed by atoms with Gasteiger partial charge in [-0.3, -0.25) is 0 Å². The van der Waals surface area contributed by atoms with Gasteiger partial charge in [-0.15, -0.1) is 0 Å². The third-order valence-electron chi connectivity index (χ3n) is 2.55. The third-order valence-corrected chi connectivity index (χ3v) is 2.55. The fraction of sp³-hybridized carbons (Fsp3) is 0.600. The van der Waals surface area contributed by atoms with E-state index in [9.17, 15) is 0 Å². The maximum absolute atomic E-state index is 5.36. The van der Waals surface area contributed by atoms with Crippen LogP contribution in [0.2, 0.25) is 0 Å².